The van der Waals surface area contributed by atoms with Crippen LogP contribution in [0.2, 0.25) is 0 Å². The molecular formula is C55H96N16O13. The highest BCUT2D eigenvalue weighted by Crippen LogP contribution is 2.14. The Morgan fingerprint density at radius 2 is 1.08 bits per heavy atom. The van der Waals surface area contributed by atoms with Crippen molar-refractivity contribution in [1.82, 2.24) is 58.5 Å². The minimum absolute atomic E-state index is 0.0164. The average molecular weight is 1190 g/mol. The van der Waals surface area contributed by atoms with Crippen LogP contribution in [0.1, 0.15) is 117 Å². The molecule has 29 heteroatoms. The number of rotatable bonds is 29. The van der Waals surface area contributed by atoms with Crippen molar-refractivity contribution < 1.29 is 63.0 Å². The van der Waals surface area contributed by atoms with Crippen LogP contribution in [0.25, 0.3) is 0 Å². The van der Waals surface area contributed by atoms with E-state index in [1.807, 2.05) is 0 Å². The molecule has 2 rings (SSSR count). The third-order valence-corrected chi connectivity index (χ3v) is 14.5. The molecule has 29 nitrogen and oxygen atoms in total. The molecule has 11 amide bonds. The molecule has 3 unspecified atom stereocenters. The van der Waals surface area contributed by atoms with Crippen molar-refractivity contribution in [2.75, 3.05) is 45.9 Å². The topological polar surface area (TPSA) is 491 Å². The van der Waals surface area contributed by atoms with E-state index in [0.29, 0.717) is 24.3 Å². The van der Waals surface area contributed by atoms with Gasteiger partial charge in [0.25, 0.3) is 0 Å². The first-order valence-electron chi connectivity index (χ1n) is 29.2. The van der Waals surface area contributed by atoms with Crippen molar-refractivity contribution in [3.8, 4) is 0 Å². The first kappa shape index (κ1) is 73.2. The molecule has 0 aliphatic carbocycles. The number of benzene rings is 1. The van der Waals surface area contributed by atoms with Crippen LogP contribution in [0.4, 0.5) is 0 Å². The molecule has 13 atom stereocenters. The van der Waals surface area contributed by atoms with Gasteiger partial charge in [-0.3, -0.25) is 52.7 Å². The van der Waals surface area contributed by atoms with Crippen molar-refractivity contribution in [2.45, 2.75) is 185 Å². The molecule has 0 radical (unpaired) electrons. The Bertz CT molecular complexity index is 2280. The second-order valence-corrected chi connectivity index (χ2v) is 21.2. The lowest BCUT2D eigenvalue weighted by Gasteiger charge is -2.30. The van der Waals surface area contributed by atoms with E-state index in [9.17, 15) is 63.0 Å². The molecule has 23 N–H and O–H groups in total. The van der Waals surface area contributed by atoms with Crippen LogP contribution in [0.3, 0.4) is 0 Å². The van der Waals surface area contributed by atoms with Gasteiger partial charge in [0.15, 0.2) is 0 Å². The van der Waals surface area contributed by atoms with E-state index in [1.54, 1.807) is 44.2 Å². The second-order valence-electron chi connectivity index (χ2n) is 21.2. The number of nitrogens with two attached hydrogens (primary N) is 5. The lowest BCUT2D eigenvalue weighted by Crippen LogP contribution is -2.62. The molecule has 1 aliphatic rings. The Morgan fingerprint density at radius 1 is 0.571 bits per heavy atom. The van der Waals surface area contributed by atoms with Gasteiger partial charge in [-0.05, 0) is 102 Å². The number of unbranched alkanes of at least 4 members (excludes halogenated alkanes) is 1. The molecule has 1 aromatic rings. The number of amides is 11. The van der Waals surface area contributed by atoms with Crippen LogP contribution in [0.5, 0.6) is 0 Å². The van der Waals surface area contributed by atoms with Gasteiger partial charge in [0.1, 0.15) is 60.4 Å². The summed E-state index contributed by atoms with van der Waals surface area (Å²) >= 11 is 0. The van der Waals surface area contributed by atoms with Gasteiger partial charge >= 0.3 is 0 Å². The van der Waals surface area contributed by atoms with Gasteiger partial charge in [-0.25, -0.2) is 0 Å². The SMILES string of the molecule is CCC(C)CCCCC(=O)N[C@@H](CCN)C(=O)N[C@H](C(=O)N[C@@H](CCN)C(=O)N[C@H]1CCNC(=O)[C@H](CO)NC(=O)[C@H](CCN)NC(=O)[C@H](CCN)NC(=O)[C@H](C(C)CC)NC(=O)[C@@H](Cc2ccccc2)NC(=O)[C@H](CCN)NC1=O)C(C)O. The number of hydrogen-bond donors (Lipinski definition) is 18. The number of aliphatic hydroxyl groups is 2. The summed E-state index contributed by atoms with van der Waals surface area (Å²) in [5.41, 5.74) is 29.9. The summed E-state index contributed by atoms with van der Waals surface area (Å²) < 4.78 is 0. The van der Waals surface area contributed by atoms with Gasteiger partial charge in [-0.1, -0.05) is 83.7 Å². The van der Waals surface area contributed by atoms with Crippen molar-refractivity contribution in [2.24, 2.45) is 40.5 Å². The third-order valence-electron chi connectivity index (χ3n) is 14.5. The quantitative estimate of drug-likeness (QED) is 0.0333. The maximum atomic E-state index is 14.5. The van der Waals surface area contributed by atoms with Crippen molar-refractivity contribution in [3.63, 3.8) is 0 Å². The van der Waals surface area contributed by atoms with Gasteiger partial charge in [-0.2, -0.15) is 0 Å². The van der Waals surface area contributed by atoms with Crippen molar-refractivity contribution in [1.29, 1.82) is 0 Å². The Hall–Kier alpha value is -6.89. The predicted octanol–water partition coefficient (Wildman–Crippen LogP) is -5.63. The standard InChI is InChI=1S/C55H96N16O13/c1-6-31(3)13-11-12-16-43(74)62-35(17-23-56)52(81)71-45(33(5)73)55(84)67-39(21-27-60)48(77)65-40-22-28-61-46(75)42(30-72)69-50(79)37(19-25-58)63-47(76)38(20-26-59)66-54(83)44(32(4)7-2)70-53(82)41(29-34-14-9-8-10-15-34)68-49(78)36(18-24-57)64-51(40)80/h8-10,14-15,31-33,35-42,44-45,72-73H,6-7,11-13,16-30,56-60H2,1-5H3,(H,61,75)(H,62,74)(H,63,76)(H,64,80)(H,65,77)(H,66,83)(H,67,84)(H,68,78)(H,69,79)(H,70,82)(H,71,81)/t31?,32?,33?,35-,36-,37-,38-,39-,40-,41+,42-,44-,45-/m0/s1. The van der Waals surface area contributed by atoms with Gasteiger partial charge in [-0.15, -0.1) is 0 Å². The minimum atomic E-state index is -1.70. The molecule has 1 aromatic carbocycles. The van der Waals surface area contributed by atoms with Crippen LogP contribution < -0.4 is 87.2 Å². The van der Waals surface area contributed by atoms with Gasteiger partial charge in [0, 0.05) is 19.4 Å². The zero-order chi connectivity index (χ0) is 62.9. The molecule has 0 saturated carbocycles. The van der Waals surface area contributed by atoms with Crippen molar-refractivity contribution >= 4 is 65.0 Å². The van der Waals surface area contributed by atoms with Crippen molar-refractivity contribution in [3.05, 3.63) is 35.9 Å². The zero-order valence-corrected chi connectivity index (χ0v) is 49.3. The maximum absolute atomic E-state index is 14.5. The summed E-state index contributed by atoms with van der Waals surface area (Å²) in [5.74, 6) is -9.79. The second kappa shape index (κ2) is 39.6. The summed E-state index contributed by atoms with van der Waals surface area (Å²) in [6, 6.07) is -6.18. The van der Waals surface area contributed by atoms with E-state index in [0.717, 1.165) is 19.3 Å². The fourth-order valence-corrected chi connectivity index (χ4v) is 8.91. The lowest BCUT2D eigenvalue weighted by molar-refractivity contribution is -0.137. The van der Waals surface area contributed by atoms with Crippen LogP contribution in [-0.2, 0) is 59.2 Å². The largest absolute Gasteiger partial charge is 0.394 e. The molecule has 1 fully saturated rings. The Balaban J connectivity index is 2.65. The lowest BCUT2D eigenvalue weighted by atomic mass is 9.96. The minimum Gasteiger partial charge on any atom is -0.394 e. The zero-order valence-electron chi connectivity index (χ0n) is 49.3. The van der Waals surface area contributed by atoms with Crippen LogP contribution in [0, 0.1) is 11.8 Å². The van der Waals surface area contributed by atoms with E-state index in [2.05, 4.69) is 72.3 Å². The van der Waals surface area contributed by atoms with E-state index < -0.39 is 157 Å². The fourth-order valence-electron chi connectivity index (χ4n) is 8.91. The summed E-state index contributed by atoms with van der Waals surface area (Å²) in [4.78, 5) is 153. The Labute approximate surface area is 491 Å². The van der Waals surface area contributed by atoms with Gasteiger partial charge < -0.3 is 97.4 Å². The fraction of sp³-hybridized carbons (Fsp3) is 0.691. The number of carbonyl (C=O) groups excluding carboxylic acids is 11. The number of aliphatic hydroxyl groups excluding tert-OH is 2. The number of hydrogen-bond acceptors (Lipinski definition) is 18. The smallest absolute Gasteiger partial charge is 0.245 e. The first-order valence-corrected chi connectivity index (χ1v) is 29.2. The van der Waals surface area contributed by atoms with Gasteiger partial charge in [0.05, 0.1) is 12.7 Å². The molecule has 1 saturated heterocycles. The van der Waals surface area contributed by atoms with E-state index in [-0.39, 0.29) is 77.7 Å². The summed E-state index contributed by atoms with van der Waals surface area (Å²) in [6.07, 6.45) is 0.841. The Kier molecular flexibility index (Phi) is 34.5. The third kappa shape index (κ3) is 25.5. The highest BCUT2D eigenvalue weighted by atomic mass is 16.3. The highest BCUT2D eigenvalue weighted by Gasteiger charge is 2.38. The predicted molar refractivity (Wildman–Crippen MR) is 312 cm³/mol. The maximum Gasteiger partial charge on any atom is 0.245 e. The molecule has 84 heavy (non-hydrogen) atoms. The van der Waals surface area contributed by atoms with E-state index in [1.165, 1.54) is 6.92 Å². The van der Waals surface area contributed by atoms with E-state index >= 15 is 0 Å². The average Bonchev–Trinajstić information content (AvgIpc) is 3.61. The van der Waals surface area contributed by atoms with Crippen LogP contribution in [-0.4, -0.2) is 188 Å². The molecule has 474 valence electrons. The summed E-state index contributed by atoms with van der Waals surface area (Å²) in [5, 5.41) is 49.1. The normalized spacial score (nSPS) is 23.0. The van der Waals surface area contributed by atoms with Crippen LogP contribution >= 0.6 is 0 Å². The summed E-state index contributed by atoms with van der Waals surface area (Å²) in [7, 11) is 0. The van der Waals surface area contributed by atoms with Crippen LogP contribution in [0.15, 0.2) is 30.3 Å². The monoisotopic (exact) mass is 1190 g/mol. The molecule has 0 bridgehead atoms. The molecule has 1 aliphatic heterocycles. The van der Waals surface area contributed by atoms with Gasteiger partial charge in [0.2, 0.25) is 65.0 Å². The number of nitrogens with one attached hydrogen (secondary N) is 11. The van der Waals surface area contributed by atoms with E-state index in [4.69, 9.17) is 28.7 Å². The molecule has 0 spiro atoms. The molecule has 0 aromatic heterocycles. The Morgan fingerprint density at radius 3 is 1.60 bits per heavy atom. The molecule has 1 heterocycles. The number of carbonyl (C=O) groups is 11. The highest BCUT2D eigenvalue weighted by molar-refractivity contribution is 5.99. The summed E-state index contributed by atoms with van der Waals surface area (Å²) in [6.45, 7) is 6.72. The molecular weight excluding hydrogens is 1090 g/mol. The first-order chi connectivity index (χ1) is 40.0.